The summed E-state index contributed by atoms with van der Waals surface area (Å²) in [5.74, 6) is 1.38. The predicted molar refractivity (Wildman–Crippen MR) is 77.0 cm³/mol. The van der Waals surface area contributed by atoms with Crippen molar-refractivity contribution in [2.45, 2.75) is 46.1 Å². The Morgan fingerprint density at radius 1 is 1.22 bits per heavy atom. The maximum atomic E-state index is 4.26. The van der Waals surface area contributed by atoms with Crippen molar-refractivity contribution in [3.05, 3.63) is 18.1 Å². The normalized spacial score (nSPS) is 11.6. The number of hydrogen-bond donors (Lipinski definition) is 1. The molecule has 0 saturated heterocycles. The number of anilines is 1. The first-order chi connectivity index (χ1) is 8.50. The van der Waals surface area contributed by atoms with Crippen molar-refractivity contribution in [1.29, 1.82) is 0 Å². The molecule has 0 unspecified atom stereocenters. The molecule has 0 aliphatic carbocycles. The van der Waals surface area contributed by atoms with Crippen LogP contribution in [-0.4, -0.2) is 41.0 Å². The minimum absolute atomic E-state index is 0.445. The molecule has 1 aromatic heterocycles. The Kier molecular flexibility index (Phi) is 6.05. The van der Waals surface area contributed by atoms with Gasteiger partial charge in [-0.3, -0.25) is 0 Å². The fourth-order valence-corrected chi connectivity index (χ4v) is 1.59. The zero-order valence-electron chi connectivity index (χ0n) is 12.3. The van der Waals surface area contributed by atoms with Crippen LogP contribution in [0.4, 0.5) is 5.82 Å². The van der Waals surface area contributed by atoms with Crippen LogP contribution in [0.2, 0.25) is 0 Å². The van der Waals surface area contributed by atoms with E-state index in [4.69, 9.17) is 0 Å². The minimum atomic E-state index is 0.445. The number of rotatable bonds is 7. The Labute approximate surface area is 111 Å². The molecule has 0 saturated carbocycles. The highest BCUT2D eigenvalue weighted by molar-refractivity contribution is 5.35. The molecule has 0 aromatic carbocycles. The Morgan fingerprint density at radius 3 is 2.56 bits per heavy atom. The lowest BCUT2D eigenvalue weighted by atomic mass is 10.1. The average Bonchev–Trinajstić information content (AvgIpc) is 2.34. The molecular weight excluding hydrogens is 224 g/mol. The Hall–Kier alpha value is -1.16. The molecule has 0 spiro atoms. The topological polar surface area (TPSA) is 41.0 Å². The third kappa shape index (κ3) is 5.00. The van der Waals surface area contributed by atoms with E-state index in [2.05, 4.69) is 54.9 Å². The molecule has 0 atom stereocenters. The van der Waals surface area contributed by atoms with Crippen LogP contribution in [0.15, 0.2) is 12.4 Å². The van der Waals surface area contributed by atoms with E-state index >= 15 is 0 Å². The van der Waals surface area contributed by atoms with E-state index in [9.17, 15) is 0 Å². The highest BCUT2D eigenvalue weighted by Crippen LogP contribution is 2.13. The molecule has 0 aliphatic heterocycles. The molecule has 0 bridgehead atoms. The zero-order valence-corrected chi connectivity index (χ0v) is 12.3. The van der Waals surface area contributed by atoms with Crippen molar-refractivity contribution in [1.82, 2.24) is 14.9 Å². The summed E-state index contributed by atoms with van der Waals surface area (Å²) in [6.45, 7) is 10.8. The van der Waals surface area contributed by atoms with Crippen molar-refractivity contribution in [3.63, 3.8) is 0 Å². The summed E-state index contributed by atoms with van der Waals surface area (Å²) in [5.41, 5.74) is 1.09. The molecule has 0 fully saturated rings. The van der Waals surface area contributed by atoms with Gasteiger partial charge in [0, 0.05) is 24.3 Å². The average molecular weight is 250 g/mol. The first-order valence-corrected chi connectivity index (χ1v) is 6.76. The fourth-order valence-electron chi connectivity index (χ4n) is 1.59. The first-order valence-electron chi connectivity index (χ1n) is 6.76. The molecule has 18 heavy (non-hydrogen) atoms. The molecule has 1 heterocycles. The van der Waals surface area contributed by atoms with Crippen molar-refractivity contribution in [3.8, 4) is 0 Å². The molecular formula is C14H26N4. The van der Waals surface area contributed by atoms with Gasteiger partial charge in [0.15, 0.2) is 0 Å². The fraction of sp³-hybridized carbons (Fsp3) is 0.714. The lowest BCUT2D eigenvalue weighted by molar-refractivity contribution is 0.273. The van der Waals surface area contributed by atoms with Crippen LogP contribution < -0.4 is 5.32 Å². The highest BCUT2D eigenvalue weighted by Gasteiger charge is 2.04. The van der Waals surface area contributed by atoms with Crippen LogP contribution >= 0.6 is 0 Å². The largest absolute Gasteiger partial charge is 0.370 e. The summed E-state index contributed by atoms with van der Waals surface area (Å²) >= 11 is 0. The lowest BCUT2D eigenvalue weighted by Crippen LogP contribution is -2.28. The van der Waals surface area contributed by atoms with Gasteiger partial charge in [-0.15, -0.1) is 0 Å². The van der Waals surface area contributed by atoms with Crippen molar-refractivity contribution in [2.75, 3.05) is 25.5 Å². The van der Waals surface area contributed by atoms with Gasteiger partial charge in [-0.05, 0) is 39.8 Å². The quantitative estimate of drug-likeness (QED) is 0.756. The molecule has 4 nitrogen and oxygen atoms in total. The van der Waals surface area contributed by atoms with E-state index < -0.39 is 0 Å². The minimum Gasteiger partial charge on any atom is -0.370 e. The summed E-state index contributed by atoms with van der Waals surface area (Å²) in [6.07, 6.45) is 2.76. The van der Waals surface area contributed by atoms with Gasteiger partial charge in [-0.25, -0.2) is 9.97 Å². The molecule has 1 N–H and O–H groups in total. The third-order valence-corrected chi connectivity index (χ3v) is 3.16. The van der Waals surface area contributed by atoms with Crippen LogP contribution in [0.25, 0.3) is 0 Å². The van der Waals surface area contributed by atoms with Crippen molar-refractivity contribution in [2.24, 2.45) is 0 Å². The molecule has 0 aliphatic rings. The van der Waals surface area contributed by atoms with Crippen LogP contribution in [0.1, 0.15) is 45.7 Å². The molecule has 1 rings (SSSR count). The standard InChI is InChI=1S/C14H26N4/c1-11(2)13-9-14(17-10-16-13)15-7-6-8-18(5)12(3)4/h9-12H,6-8H2,1-5H3,(H,15,16,17). The van der Waals surface area contributed by atoms with E-state index in [1.54, 1.807) is 6.33 Å². The van der Waals surface area contributed by atoms with Crippen molar-refractivity contribution < 1.29 is 0 Å². The summed E-state index contributed by atoms with van der Waals surface area (Å²) in [7, 11) is 2.16. The molecule has 1 aromatic rings. The van der Waals surface area contributed by atoms with Crippen LogP contribution in [-0.2, 0) is 0 Å². The highest BCUT2D eigenvalue weighted by atomic mass is 15.1. The molecule has 0 radical (unpaired) electrons. The summed E-state index contributed by atoms with van der Waals surface area (Å²) in [5, 5.41) is 3.36. The van der Waals surface area contributed by atoms with Gasteiger partial charge in [0.2, 0.25) is 0 Å². The number of hydrogen-bond acceptors (Lipinski definition) is 4. The third-order valence-electron chi connectivity index (χ3n) is 3.16. The second-order valence-electron chi connectivity index (χ2n) is 5.34. The SMILES string of the molecule is CC(C)c1cc(NCCCN(C)C(C)C)ncn1. The van der Waals surface area contributed by atoms with Gasteiger partial charge >= 0.3 is 0 Å². The summed E-state index contributed by atoms with van der Waals surface area (Å²) in [4.78, 5) is 10.8. The molecule has 4 heteroatoms. The second-order valence-corrected chi connectivity index (χ2v) is 5.34. The number of nitrogens with one attached hydrogen (secondary N) is 1. The maximum Gasteiger partial charge on any atom is 0.129 e. The van der Waals surface area contributed by atoms with Crippen LogP contribution in [0.3, 0.4) is 0 Å². The first kappa shape index (κ1) is 14.9. The van der Waals surface area contributed by atoms with Gasteiger partial charge < -0.3 is 10.2 Å². The van der Waals surface area contributed by atoms with E-state index in [1.807, 2.05) is 6.07 Å². The Bertz CT molecular complexity index is 349. The van der Waals surface area contributed by atoms with E-state index in [0.29, 0.717) is 12.0 Å². The van der Waals surface area contributed by atoms with Gasteiger partial charge in [0.1, 0.15) is 12.1 Å². The van der Waals surface area contributed by atoms with Gasteiger partial charge in [-0.2, -0.15) is 0 Å². The van der Waals surface area contributed by atoms with E-state index in [0.717, 1.165) is 31.0 Å². The second kappa shape index (κ2) is 7.31. The smallest absolute Gasteiger partial charge is 0.129 e. The molecule has 0 amide bonds. The van der Waals surface area contributed by atoms with Crippen molar-refractivity contribution >= 4 is 5.82 Å². The lowest BCUT2D eigenvalue weighted by Gasteiger charge is -2.20. The van der Waals surface area contributed by atoms with E-state index in [1.165, 1.54) is 0 Å². The van der Waals surface area contributed by atoms with E-state index in [-0.39, 0.29) is 0 Å². The molecule has 102 valence electrons. The predicted octanol–water partition coefficient (Wildman–Crippen LogP) is 2.74. The van der Waals surface area contributed by atoms with Gasteiger partial charge in [0.05, 0.1) is 0 Å². The van der Waals surface area contributed by atoms with Gasteiger partial charge in [0.25, 0.3) is 0 Å². The number of nitrogens with zero attached hydrogens (tertiary/aromatic N) is 3. The summed E-state index contributed by atoms with van der Waals surface area (Å²) in [6, 6.07) is 2.65. The number of aromatic nitrogens is 2. The summed E-state index contributed by atoms with van der Waals surface area (Å²) < 4.78 is 0. The maximum absolute atomic E-state index is 4.26. The van der Waals surface area contributed by atoms with Crippen LogP contribution in [0.5, 0.6) is 0 Å². The van der Waals surface area contributed by atoms with Crippen LogP contribution in [0, 0.1) is 0 Å². The zero-order chi connectivity index (χ0) is 13.5. The monoisotopic (exact) mass is 250 g/mol. The Balaban J connectivity index is 2.33. The Morgan fingerprint density at radius 2 is 1.94 bits per heavy atom. The van der Waals surface area contributed by atoms with Gasteiger partial charge in [-0.1, -0.05) is 13.8 Å².